The lowest BCUT2D eigenvalue weighted by Crippen LogP contribution is -2.15. The fourth-order valence-electron chi connectivity index (χ4n) is 1.16. The lowest BCUT2D eigenvalue weighted by molar-refractivity contribution is -0.117. The molecule has 3 heteroatoms. The molecule has 0 unspecified atom stereocenters. The maximum absolute atomic E-state index is 10.6. The van der Waals surface area contributed by atoms with Crippen molar-refractivity contribution < 1.29 is 4.79 Å². The van der Waals surface area contributed by atoms with E-state index in [0.717, 1.165) is 19.5 Å². The van der Waals surface area contributed by atoms with Gasteiger partial charge in [0.25, 0.3) is 0 Å². The van der Waals surface area contributed by atoms with Crippen LogP contribution in [0.2, 0.25) is 0 Å². The van der Waals surface area contributed by atoms with Crippen molar-refractivity contribution in [2.75, 3.05) is 6.54 Å². The summed E-state index contributed by atoms with van der Waals surface area (Å²) in [5.74, 6) is 0.265. The van der Waals surface area contributed by atoms with Gasteiger partial charge < -0.3 is 15.1 Å². The van der Waals surface area contributed by atoms with E-state index in [1.165, 1.54) is 5.69 Å². The summed E-state index contributed by atoms with van der Waals surface area (Å²) in [6, 6.07) is 4.02. The molecule has 0 aliphatic rings. The third kappa shape index (κ3) is 4.48. The number of hydrogen-bond acceptors (Lipinski definition) is 2. The zero-order valence-electron chi connectivity index (χ0n) is 7.97. The molecule has 0 amide bonds. The molecule has 0 bridgehead atoms. The van der Waals surface area contributed by atoms with E-state index in [-0.39, 0.29) is 5.78 Å². The second-order valence-electron chi connectivity index (χ2n) is 3.18. The number of rotatable bonds is 6. The highest BCUT2D eigenvalue weighted by Crippen LogP contribution is 1.93. The summed E-state index contributed by atoms with van der Waals surface area (Å²) in [4.78, 5) is 13.7. The van der Waals surface area contributed by atoms with E-state index in [1.54, 1.807) is 6.92 Å². The van der Waals surface area contributed by atoms with E-state index in [0.29, 0.717) is 6.42 Å². The van der Waals surface area contributed by atoms with E-state index in [2.05, 4.69) is 10.3 Å². The van der Waals surface area contributed by atoms with Crippen LogP contribution in [0.25, 0.3) is 0 Å². The van der Waals surface area contributed by atoms with E-state index in [9.17, 15) is 4.79 Å². The van der Waals surface area contributed by atoms with Crippen molar-refractivity contribution in [2.45, 2.75) is 26.3 Å². The second kappa shape index (κ2) is 5.54. The number of aromatic nitrogens is 1. The monoisotopic (exact) mass is 180 g/mol. The van der Waals surface area contributed by atoms with Gasteiger partial charge in [-0.15, -0.1) is 0 Å². The van der Waals surface area contributed by atoms with E-state index < -0.39 is 0 Å². The van der Waals surface area contributed by atoms with Gasteiger partial charge in [-0.3, -0.25) is 0 Å². The predicted molar refractivity (Wildman–Crippen MR) is 52.4 cm³/mol. The normalized spacial score (nSPS) is 10.2. The third-order valence-electron chi connectivity index (χ3n) is 1.86. The predicted octanol–water partition coefficient (Wildman–Crippen LogP) is 1.47. The molecule has 0 fully saturated rings. The minimum Gasteiger partial charge on any atom is -0.364 e. The van der Waals surface area contributed by atoms with Crippen LogP contribution < -0.4 is 5.32 Å². The number of aromatic amines is 1. The molecule has 13 heavy (non-hydrogen) atoms. The Balaban J connectivity index is 1.99. The van der Waals surface area contributed by atoms with Gasteiger partial charge in [-0.25, -0.2) is 0 Å². The van der Waals surface area contributed by atoms with Gasteiger partial charge in [0.1, 0.15) is 5.78 Å². The molecule has 0 spiro atoms. The molecule has 0 aliphatic heterocycles. The minimum absolute atomic E-state index is 0.265. The number of carbonyl (C=O) groups is 1. The minimum atomic E-state index is 0.265. The summed E-state index contributed by atoms with van der Waals surface area (Å²) in [7, 11) is 0. The molecule has 72 valence electrons. The number of nitrogens with one attached hydrogen (secondary N) is 2. The van der Waals surface area contributed by atoms with Gasteiger partial charge in [0.15, 0.2) is 0 Å². The first kappa shape index (κ1) is 9.99. The first-order chi connectivity index (χ1) is 6.29. The van der Waals surface area contributed by atoms with Gasteiger partial charge in [-0.05, 0) is 32.0 Å². The first-order valence-electron chi connectivity index (χ1n) is 4.61. The Morgan fingerprint density at radius 3 is 3.08 bits per heavy atom. The van der Waals surface area contributed by atoms with Crippen molar-refractivity contribution in [2.24, 2.45) is 0 Å². The topological polar surface area (TPSA) is 44.9 Å². The first-order valence-corrected chi connectivity index (χ1v) is 4.61. The summed E-state index contributed by atoms with van der Waals surface area (Å²) < 4.78 is 0. The van der Waals surface area contributed by atoms with Crippen LogP contribution in [0.3, 0.4) is 0 Å². The molecule has 1 rings (SSSR count). The molecule has 0 atom stereocenters. The summed E-state index contributed by atoms with van der Waals surface area (Å²) in [6.07, 6.45) is 3.51. The highest BCUT2D eigenvalue weighted by atomic mass is 16.1. The largest absolute Gasteiger partial charge is 0.364 e. The number of carbonyl (C=O) groups excluding carboxylic acids is 1. The molecule has 0 saturated carbocycles. The fraction of sp³-hybridized carbons (Fsp3) is 0.500. The SMILES string of the molecule is CC(=O)CCCNCc1ccc[nH]1. The summed E-state index contributed by atoms with van der Waals surface area (Å²) >= 11 is 0. The smallest absolute Gasteiger partial charge is 0.129 e. The summed E-state index contributed by atoms with van der Waals surface area (Å²) in [5.41, 5.74) is 1.18. The third-order valence-corrected chi connectivity index (χ3v) is 1.86. The molecular weight excluding hydrogens is 164 g/mol. The van der Waals surface area contributed by atoms with Crippen molar-refractivity contribution in [1.82, 2.24) is 10.3 Å². The van der Waals surface area contributed by atoms with Crippen LogP contribution in [-0.4, -0.2) is 17.3 Å². The number of ketones is 1. The van der Waals surface area contributed by atoms with E-state index in [4.69, 9.17) is 0 Å². The van der Waals surface area contributed by atoms with Crippen LogP contribution >= 0.6 is 0 Å². The molecule has 0 radical (unpaired) electrons. The Kier molecular flexibility index (Phi) is 4.26. The molecular formula is C10H16N2O. The van der Waals surface area contributed by atoms with Crippen LogP contribution in [0.4, 0.5) is 0 Å². The van der Waals surface area contributed by atoms with E-state index >= 15 is 0 Å². The van der Waals surface area contributed by atoms with Gasteiger partial charge in [0, 0.05) is 24.9 Å². The van der Waals surface area contributed by atoms with Crippen LogP contribution in [0.5, 0.6) is 0 Å². The summed E-state index contributed by atoms with van der Waals surface area (Å²) in [5, 5.41) is 3.26. The molecule has 1 heterocycles. The van der Waals surface area contributed by atoms with Gasteiger partial charge in [0.2, 0.25) is 0 Å². The maximum atomic E-state index is 10.6. The van der Waals surface area contributed by atoms with Crippen molar-refractivity contribution in [3.63, 3.8) is 0 Å². The number of H-pyrrole nitrogens is 1. The highest BCUT2D eigenvalue weighted by Gasteiger charge is 1.94. The molecule has 0 aromatic carbocycles. The lowest BCUT2D eigenvalue weighted by Gasteiger charge is -2.01. The zero-order chi connectivity index (χ0) is 9.52. The molecule has 0 aliphatic carbocycles. The van der Waals surface area contributed by atoms with Crippen molar-refractivity contribution >= 4 is 5.78 Å². The maximum Gasteiger partial charge on any atom is 0.129 e. The molecule has 2 N–H and O–H groups in total. The standard InChI is InChI=1S/C10H16N2O/c1-9(13)4-2-6-11-8-10-5-3-7-12-10/h3,5,7,11-12H,2,4,6,8H2,1H3. The quantitative estimate of drug-likeness (QED) is 0.651. The van der Waals surface area contributed by atoms with Crippen LogP contribution in [0.15, 0.2) is 18.3 Å². The Morgan fingerprint density at radius 2 is 2.46 bits per heavy atom. The molecule has 1 aromatic heterocycles. The van der Waals surface area contributed by atoms with Gasteiger partial charge in [0.05, 0.1) is 0 Å². The fourth-order valence-corrected chi connectivity index (χ4v) is 1.16. The van der Waals surface area contributed by atoms with E-state index in [1.807, 2.05) is 18.3 Å². The number of hydrogen-bond donors (Lipinski definition) is 2. The van der Waals surface area contributed by atoms with Crippen molar-refractivity contribution in [3.05, 3.63) is 24.0 Å². The van der Waals surface area contributed by atoms with Crippen molar-refractivity contribution in [3.8, 4) is 0 Å². The lowest BCUT2D eigenvalue weighted by atomic mass is 10.2. The Morgan fingerprint density at radius 1 is 1.62 bits per heavy atom. The zero-order valence-corrected chi connectivity index (χ0v) is 7.97. The Bertz CT molecular complexity index is 241. The molecule has 0 saturated heterocycles. The number of Topliss-reactive ketones (excluding diaryl/α,β-unsaturated/α-hetero) is 1. The van der Waals surface area contributed by atoms with Crippen LogP contribution in [0.1, 0.15) is 25.5 Å². The molecule has 1 aromatic rings. The van der Waals surface area contributed by atoms with Gasteiger partial charge >= 0.3 is 0 Å². The average molecular weight is 180 g/mol. The summed E-state index contributed by atoms with van der Waals surface area (Å²) in [6.45, 7) is 3.38. The Hall–Kier alpha value is -1.09. The molecule has 3 nitrogen and oxygen atoms in total. The van der Waals surface area contributed by atoms with Crippen LogP contribution in [0, 0.1) is 0 Å². The van der Waals surface area contributed by atoms with Gasteiger partial charge in [-0.2, -0.15) is 0 Å². The van der Waals surface area contributed by atoms with Crippen LogP contribution in [-0.2, 0) is 11.3 Å². The van der Waals surface area contributed by atoms with Crippen molar-refractivity contribution in [1.29, 1.82) is 0 Å². The second-order valence-corrected chi connectivity index (χ2v) is 3.18. The Labute approximate surface area is 78.5 Å². The average Bonchev–Trinajstić information content (AvgIpc) is 2.55. The van der Waals surface area contributed by atoms with Gasteiger partial charge in [-0.1, -0.05) is 0 Å². The highest BCUT2D eigenvalue weighted by molar-refractivity contribution is 5.75.